The van der Waals surface area contributed by atoms with E-state index in [9.17, 15) is 0 Å². The minimum atomic E-state index is -0.598. The van der Waals surface area contributed by atoms with Crippen LogP contribution in [0.25, 0.3) is 0 Å². The summed E-state index contributed by atoms with van der Waals surface area (Å²) in [4.78, 5) is 6.50. The fourth-order valence-corrected chi connectivity index (χ4v) is 6.09. The van der Waals surface area contributed by atoms with Gasteiger partial charge in [0.25, 0.3) is 0 Å². The summed E-state index contributed by atoms with van der Waals surface area (Å²) in [6.07, 6.45) is 4.02. The third-order valence-electron chi connectivity index (χ3n) is 2.36. The van der Waals surface area contributed by atoms with Crippen LogP contribution in [0, 0.1) is 0 Å². The summed E-state index contributed by atoms with van der Waals surface area (Å²) in [6, 6.07) is 8.55. The van der Waals surface area contributed by atoms with Crippen LogP contribution in [0.5, 0.6) is 0 Å². The van der Waals surface area contributed by atoms with Crippen LogP contribution in [0.1, 0.15) is 13.8 Å². The Morgan fingerprint density at radius 1 is 0.889 bits per heavy atom. The van der Waals surface area contributed by atoms with Gasteiger partial charge in [0.05, 0.1) is 0 Å². The second-order valence-corrected chi connectivity index (χ2v) is 13.5. The Labute approximate surface area is 121 Å². The third kappa shape index (κ3) is 5.20. The molecule has 0 aromatic carbocycles. The second-order valence-electron chi connectivity index (χ2n) is 3.64. The Hall–Kier alpha value is -0.193. The molecule has 2 nitrogen and oxygen atoms in total. The average molecular weight is 423 g/mol. The van der Waals surface area contributed by atoms with Crippen molar-refractivity contribution in [3.8, 4) is 0 Å². The molecular formula is C14H24N2Ru2. The van der Waals surface area contributed by atoms with Gasteiger partial charge in [0.15, 0.2) is 0 Å². The maximum atomic E-state index is 3.30. The quantitative estimate of drug-likeness (QED) is 0.707. The predicted molar refractivity (Wildman–Crippen MR) is 73.5 cm³/mol. The van der Waals surface area contributed by atoms with Gasteiger partial charge in [-0.3, -0.25) is 0 Å². The maximum absolute atomic E-state index is 3.30. The van der Waals surface area contributed by atoms with Crippen molar-refractivity contribution in [2.75, 3.05) is 0 Å². The van der Waals surface area contributed by atoms with E-state index >= 15 is 0 Å². The number of H-pyrrole nitrogens is 2. The van der Waals surface area contributed by atoms with Crippen LogP contribution >= 0.6 is 0 Å². The molecule has 2 aromatic rings. The standard InChI is InChI=1S/2C4H4N.2C2H5.2CH3.2Ru/c2*1-2-4-5-3-1;2*1-2;;;;/h2*1-3,5H;2*1H2,2H3;2*1H3;;. The van der Waals surface area contributed by atoms with Crippen LogP contribution in [-0.4, -0.2) is 9.97 Å². The van der Waals surface area contributed by atoms with Crippen LogP contribution < -0.4 is 8.58 Å². The summed E-state index contributed by atoms with van der Waals surface area (Å²) >= 11 is -1.17. The molecule has 0 saturated heterocycles. The number of aromatic amines is 2. The zero-order valence-corrected chi connectivity index (χ0v) is 15.1. The van der Waals surface area contributed by atoms with Gasteiger partial charge in [0.1, 0.15) is 0 Å². The fourth-order valence-electron chi connectivity index (χ4n) is 1.43. The van der Waals surface area contributed by atoms with Crippen molar-refractivity contribution >= 4 is 8.58 Å². The first-order chi connectivity index (χ1) is 8.69. The van der Waals surface area contributed by atoms with Crippen LogP contribution in [0.2, 0.25) is 21.1 Å². The molecule has 0 radical (unpaired) electrons. The van der Waals surface area contributed by atoms with Gasteiger partial charge in [0, 0.05) is 0 Å². The Balaban J connectivity index is 0.000000184. The number of nitrogens with one attached hydrogen (secondary N) is 2. The van der Waals surface area contributed by atoms with E-state index in [1.807, 2.05) is 12.4 Å². The molecule has 0 atom stereocenters. The summed E-state index contributed by atoms with van der Waals surface area (Å²) in [6.45, 7) is 4.59. The van der Waals surface area contributed by atoms with Crippen LogP contribution in [0.4, 0.5) is 0 Å². The Kier molecular flexibility index (Phi) is 7.78. The predicted octanol–water partition coefficient (Wildman–Crippen LogP) is 3.49. The monoisotopic (exact) mass is 424 g/mol. The summed E-state index contributed by atoms with van der Waals surface area (Å²) in [5, 5.41) is 2.75. The van der Waals surface area contributed by atoms with E-state index in [1.54, 1.807) is 0 Å². The molecule has 2 rings (SSSR count). The van der Waals surface area contributed by atoms with E-state index in [1.165, 1.54) is 18.6 Å². The first-order valence-corrected chi connectivity index (χ1v) is 13.6. The first-order valence-electron chi connectivity index (χ1n) is 5.96. The molecule has 0 bridgehead atoms. The van der Waals surface area contributed by atoms with Gasteiger partial charge in [-0.2, -0.15) is 0 Å². The average Bonchev–Trinajstić information content (AvgIpc) is 3.05. The van der Waals surface area contributed by atoms with Gasteiger partial charge in [-0.25, -0.2) is 0 Å². The van der Waals surface area contributed by atoms with Gasteiger partial charge in [-0.05, 0) is 0 Å². The van der Waals surface area contributed by atoms with E-state index in [0.29, 0.717) is 0 Å². The second kappa shape index (κ2) is 8.83. The zero-order chi connectivity index (χ0) is 13.4. The molecule has 106 valence electrons. The number of hydrogen-bond acceptors (Lipinski definition) is 0. The van der Waals surface area contributed by atoms with Crippen LogP contribution in [0.3, 0.4) is 0 Å². The van der Waals surface area contributed by atoms with Crippen molar-refractivity contribution in [3.63, 3.8) is 0 Å². The zero-order valence-electron chi connectivity index (χ0n) is 11.6. The molecule has 2 aromatic heterocycles. The van der Waals surface area contributed by atoms with E-state index in [-0.39, 0.29) is 0 Å². The van der Waals surface area contributed by atoms with Gasteiger partial charge in [-0.1, -0.05) is 0 Å². The van der Waals surface area contributed by atoms with Crippen LogP contribution in [0.15, 0.2) is 36.7 Å². The van der Waals surface area contributed by atoms with Crippen molar-refractivity contribution in [2.45, 2.75) is 34.9 Å². The molecule has 0 aliphatic carbocycles. The van der Waals surface area contributed by atoms with Crippen LogP contribution in [-0.2, 0) is 31.9 Å². The summed E-state index contributed by atoms with van der Waals surface area (Å²) in [7, 11) is 0. The molecule has 2 heterocycles. The Morgan fingerprint density at radius 2 is 1.39 bits per heavy atom. The van der Waals surface area contributed by atoms with Gasteiger partial charge >= 0.3 is 122 Å². The Bertz CT molecular complexity index is 389. The molecule has 0 unspecified atom stereocenters. The van der Waals surface area contributed by atoms with Gasteiger partial charge in [0.2, 0.25) is 0 Å². The molecule has 4 heteroatoms. The molecule has 0 aliphatic heterocycles. The van der Waals surface area contributed by atoms with Crippen molar-refractivity contribution in [1.82, 2.24) is 9.97 Å². The molecule has 18 heavy (non-hydrogen) atoms. The third-order valence-corrected chi connectivity index (χ3v) is 9.60. The summed E-state index contributed by atoms with van der Waals surface area (Å²) in [5.41, 5.74) is 4.63. The fraction of sp³-hybridized carbons (Fsp3) is 0.429. The van der Waals surface area contributed by atoms with Gasteiger partial charge < -0.3 is 0 Å². The molecule has 0 amide bonds. The number of aromatic nitrogens is 2. The number of rotatable bonds is 4. The SMILES string of the molecule is C[CH2][Ru]([CH2]C)[c]1ccc[nH]1.[CH3][Ru]([CH3])[c]1ccc[nH]1. The first kappa shape index (κ1) is 15.9. The van der Waals surface area contributed by atoms with E-state index in [2.05, 4.69) is 59.1 Å². The van der Waals surface area contributed by atoms with Crippen molar-refractivity contribution in [3.05, 3.63) is 36.7 Å². The summed E-state index contributed by atoms with van der Waals surface area (Å²) in [5.74, 6) is 0. The van der Waals surface area contributed by atoms with E-state index < -0.39 is 31.9 Å². The number of hydrogen-bond donors (Lipinski definition) is 2. The summed E-state index contributed by atoms with van der Waals surface area (Å²) < 4.78 is 2.98. The minimum absolute atomic E-state index is 0.573. The molecular weight excluding hydrogens is 398 g/mol. The van der Waals surface area contributed by atoms with Gasteiger partial charge in [-0.15, -0.1) is 0 Å². The van der Waals surface area contributed by atoms with E-state index in [0.717, 1.165) is 0 Å². The van der Waals surface area contributed by atoms with Crippen molar-refractivity contribution in [2.24, 2.45) is 0 Å². The topological polar surface area (TPSA) is 31.6 Å². The molecule has 0 aliphatic rings. The van der Waals surface area contributed by atoms with Crippen molar-refractivity contribution in [1.29, 1.82) is 0 Å². The molecule has 0 fully saturated rings. The normalized spacial score (nSPS) is 11.6. The Morgan fingerprint density at radius 3 is 1.67 bits per heavy atom. The van der Waals surface area contributed by atoms with E-state index in [4.69, 9.17) is 0 Å². The van der Waals surface area contributed by atoms with Crippen molar-refractivity contribution < 1.29 is 31.9 Å². The molecule has 0 saturated carbocycles. The molecule has 0 spiro atoms. The molecule has 2 N–H and O–H groups in total.